The van der Waals surface area contributed by atoms with Crippen molar-refractivity contribution in [3.8, 4) is 22.5 Å². The minimum absolute atomic E-state index is 0.161. The van der Waals surface area contributed by atoms with Gasteiger partial charge in [0.25, 0.3) is 0 Å². The van der Waals surface area contributed by atoms with Gasteiger partial charge >= 0.3 is 0 Å². The number of rotatable bonds is 3. The lowest BCUT2D eigenvalue weighted by atomic mass is 9.79. The Morgan fingerprint density at radius 2 is 1.05 bits per heavy atom. The third kappa shape index (κ3) is 3.86. The fourth-order valence-corrected chi connectivity index (χ4v) is 6.93. The monoisotopic (exact) mass is 542 g/mol. The summed E-state index contributed by atoms with van der Waals surface area (Å²) in [6, 6.07) is 44.3. The van der Waals surface area contributed by atoms with Crippen LogP contribution in [0.4, 0.5) is 0 Å². The van der Waals surface area contributed by atoms with Crippen LogP contribution in [0.1, 0.15) is 38.4 Å². The first-order valence-electron chi connectivity index (χ1n) is 15.0. The van der Waals surface area contributed by atoms with Crippen molar-refractivity contribution in [2.75, 3.05) is 0 Å². The van der Waals surface area contributed by atoms with Crippen molar-refractivity contribution in [1.82, 2.24) is 9.13 Å². The van der Waals surface area contributed by atoms with Gasteiger partial charge in [-0.15, -0.1) is 0 Å². The molecule has 5 aromatic carbocycles. The van der Waals surface area contributed by atoms with Crippen LogP contribution < -0.4 is 0 Å². The lowest BCUT2D eigenvalue weighted by molar-refractivity contribution is 0.483. The van der Waals surface area contributed by atoms with Gasteiger partial charge in [-0.3, -0.25) is 0 Å². The fourth-order valence-electron chi connectivity index (χ4n) is 6.93. The summed E-state index contributed by atoms with van der Waals surface area (Å²) in [5.74, 6) is 0. The van der Waals surface area contributed by atoms with Crippen LogP contribution >= 0.6 is 0 Å². The Kier molecular flexibility index (Phi) is 5.55. The molecular weight excluding hydrogens is 508 g/mol. The van der Waals surface area contributed by atoms with Crippen LogP contribution in [0.15, 0.2) is 127 Å². The standard InChI is InChI=1S/C40H34N2/c1-40(2,3)29-20-23-39-35(26-29)34-25-28(19-22-38(34)42(39)31-14-8-5-9-15-31)27-18-21-37-33(24-27)32-16-10-11-17-36(32)41(37)30-12-6-4-7-13-30/h4-19,21-22,24-26H,20,23H2,1-3H3. The molecule has 204 valence electrons. The van der Waals surface area contributed by atoms with Crippen LogP contribution in [0.2, 0.25) is 0 Å². The topological polar surface area (TPSA) is 9.86 Å². The molecule has 0 spiro atoms. The van der Waals surface area contributed by atoms with E-state index in [1.54, 1.807) is 0 Å². The molecule has 0 fully saturated rings. The number of nitrogens with zero attached hydrogens (tertiary/aromatic N) is 2. The van der Waals surface area contributed by atoms with Crippen LogP contribution in [0, 0.1) is 5.41 Å². The second-order valence-corrected chi connectivity index (χ2v) is 12.6. The number of hydrogen-bond acceptors (Lipinski definition) is 0. The first-order chi connectivity index (χ1) is 20.5. The molecule has 2 nitrogen and oxygen atoms in total. The lowest BCUT2D eigenvalue weighted by Crippen LogP contribution is -2.14. The smallest absolute Gasteiger partial charge is 0.0541 e. The van der Waals surface area contributed by atoms with E-state index >= 15 is 0 Å². The van der Waals surface area contributed by atoms with E-state index in [1.807, 2.05) is 0 Å². The van der Waals surface area contributed by atoms with Gasteiger partial charge in [-0.05, 0) is 84.0 Å². The highest BCUT2D eigenvalue weighted by Gasteiger charge is 2.26. The normalized spacial score (nSPS) is 13.5. The number of benzene rings is 5. The molecule has 0 radical (unpaired) electrons. The van der Waals surface area contributed by atoms with E-state index in [2.05, 4.69) is 157 Å². The Hall–Kier alpha value is -4.82. The average molecular weight is 543 g/mol. The molecule has 2 aromatic heterocycles. The summed E-state index contributed by atoms with van der Waals surface area (Å²) in [6.07, 6.45) is 4.65. The molecule has 0 bridgehead atoms. The average Bonchev–Trinajstić information content (AvgIpc) is 3.53. The van der Waals surface area contributed by atoms with Gasteiger partial charge in [-0.1, -0.05) is 99.2 Å². The minimum Gasteiger partial charge on any atom is -0.313 e. The zero-order valence-electron chi connectivity index (χ0n) is 24.4. The Balaban J connectivity index is 1.35. The van der Waals surface area contributed by atoms with Crippen LogP contribution in [-0.4, -0.2) is 9.13 Å². The molecule has 0 unspecified atom stereocenters. The molecule has 0 N–H and O–H groups in total. The third-order valence-corrected chi connectivity index (χ3v) is 9.06. The zero-order valence-corrected chi connectivity index (χ0v) is 24.4. The van der Waals surface area contributed by atoms with E-state index in [-0.39, 0.29) is 5.41 Å². The number of hydrogen-bond donors (Lipinski definition) is 0. The molecule has 8 rings (SSSR count). The Bertz CT molecular complexity index is 2150. The highest BCUT2D eigenvalue weighted by atomic mass is 15.0. The maximum atomic E-state index is 2.49. The van der Waals surface area contributed by atoms with Crippen molar-refractivity contribution in [2.45, 2.75) is 33.6 Å². The highest BCUT2D eigenvalue weighted by Crippen LogP contribution is 2.42. The summed E-state index contributed by atoms with van der Waals surface area (Å²) >= 11 is 0. The van der Waals surface area contributed by atoms with Gasteiger partial charge < -0.3 is 9.13 Å². The van der Waals surface area contributed by atoms with Gasteiger partial charge in [0.05, 0.1) is 16.6 Å². The highest BCUT2D eigenvalue weighted by molar-refractivity contribution is 6.10. The fraction of sp³-hybridized carbons (Fsp3) is 0.150. The van der Waals surface area contributed by atoms with E-state index in [9.17, 15) is 0 Å². The van der Waals surface area contributed by atoms with E-state index in [1.165, 1.54) is 72.0 Å². The molecule has 1 aliphatic carbocycles. The van der Waals surface area contributed by atoms with E-state index in [4.69, 9.17) is 0 Å². The third-order valence-electron chi connectivity index (χ3n) is 9.06. The van der Waals surface area contributed by atoms with Crippen LogP contribution in [-0.2, 0) is 6.42 Å². The summed E-state index contributed by atoms with van der Waals surface area (Å²) in [4.78, 5) is 0. The van der Waals surface area contributed by atoms with Crippen molar-refractivity contribution in [3.05, 3.63) is 138 Å². The van der Waals surface area contributed by atoms with Crippen LogP contribution in [0.25, 0.3) is 61.3 Å². The summed E-state index contributed by atoms with van der Waals surface area (Å²) in [5.41, 5.74) is 13.2. The lowest BCUT2D eigenvalue weighted by Gasteiger charge is -2.27. The molecule has 1 aliphatic rings. The predicted octanol–water partition coefficient (Wildman–Crippen LogP) is 10.8. The Morgan fingerprint density at radius 3 is 1.71 bits per heavy atom. The number of fused-ring (bicyclic) bond motifs is 6. The maximum Gasteiger partial charge on any atom is 0.0541 e. The SMILES string of the molecule is CC(C)(C)C1=Cc2c(n(-c3ccccc3)c3ccc(-c4ccc5c(c4)c4ccccc4n5-c4ccccc4)cc23)CC1. The largest absolute Gasteiger partial charge is 0.313 e. The van der Waals surface area contributed by atoms with Gasteiger partial charge in [-0.2, -0.15) is 0 Å². The number of allylic oxidation sites excluding steroid dienone is 1. The Labute approximate surface area is 247 Å². The van der Waals surface area contributed by atoms with E-state index in [0.29, 0.717) is 0 Å². The van der Waals surface area contributed by atoms with E-state index < -0.39 is 0 Å². The zero-order chi connectivity index (χ0) is 28.4. The first-order valence-corrected chi connectivity index (χ1v) is 15.0. The molecule has 0 atom stereocenters. The van der Waals surface area contributed by atoms with Crippen molar-refractivity contribution in [3.63, 3.8) is 0 Å². The van der Waals surface area contributed by atoms with Crippen LogP contribution in [0.5, 0.6) is 0 Å². The molecule has 0 aliphatic heterocycles. The van der Waals surface area contributed by atoms with Crippen molar-refractivity contribution < 1.29 is 0 Å². The van der Waals surface area contributed by atoms with E-state index in [0.717, 1.165) is 12.8 Å². The minimum atomic E-state index is 0.161. The van der Waals surface area contributed by atoms with Crippen molar-refractivity contribution >= 4 is 38.8 Å². The molecule has 2 heterocycles. The molecule has 2 heteroatoms. The molecule has 0 saturated heterocycles. The summed E-state index contributed by atoms with van der Waals surface area (Å²) in [7, 11) is 0. The summed E-state index contributed by atoms with van der Waals surface area (Å²) in [6.45, 7) is 7.02. The second-order valence-electron chi connectivity index (χ2n) is 12.6. The maximum absolute atomic E-state index is 2.49. The predicted molar refractivity (Wildman–Crippen MR) is 179 cm³/mol. The van der Waals surface area contributed by atoms with Gasteiger partial charge in [-0.25, -0.2) is 0 Å². The number of para-hydroxylation sites is 3. The van der Waals surface area contributed by atoms with Crippen LogP contribution in [0.3, 0.4) is 0 Å². The van der Waals surface area contributed by atoms with Crippen molar-refractivity contribution in [2.24, 2.45) is 5.41 Å². The van der Waals surface area contributed by atoms with Gasteiger partial charge in [0.2, 0.25) is 0 Å². The molecule has 0 saturated carbocycles. The second kappa shape index (κ2) is 9.36. The molecular formula is C40H34N2. The summed E-state index contributed by atoms with van der Waals surface area (Å²) in [5, 5.41) is 3.90. The number of aromatic nitrogens is 2. The van der Waals surface area contributed by atoms with Gasteiger partial charge in [0.15, 0.2) is 0 Å². The first kappa shape index (κ1) is 24.9. The quantitative estimate of drug-likeness (QED) is 0.210. The molecule has 0 amide bonds. The summed E-state index contributed by atoms with van der Waals surface area (Å²) < 4.78 is 4.87. The Morgan fingerprint density at radius 1 is 0.500 bits per heavy atom. The molecule has 7 aromatic rings. The van der Waals surface area contributed by atoms with Gasteiger partial charge in [0, 0.05) is 38.8 Å². The molecule has 42 heavy (non-hydrogen) atoms. The van der Waals surface area contributed by atoms with Crippen molar-refractivity contribution in [1.29, 1.82) is 0 Å². The van der Waals surface area contributed by atoms with Gasteiger partial charge in [0.1, 0.15) is 0 Å².